The molecule has 182 valence electrons. The minimum absolute atomic E-state index is 0.217. The molecule has 2 aliphatic rings. The second-order valence-electron chi connectivity index (χ2n) is 10.7. The molecule has 4 rings (SSSR count). The number of benzene rings is 2. The fourth-order valence-corrected chi connectivity index (χ4v) is 5.50. The van der Waals surface area contributed by atoms with Crippen LogP contribution < -0.4 is 4.74 Å². The SMILES string of the molecule is CC(C)(C)C(=O)Oc1ccc2c(c1)CCCC(Br)=C2c1ccc(CC2CN(CCCF)C2)cc1. The number of likely N-dealkylation sites (tertiary alicyclic amines) is 1. The molecule has 1 saturated heterocycles. The van der Waals surface area contributed by atoms with E-state index in [1.54, 1.807) is 0 Å². The summed E-state index contributed by atoms with van der Waals surface area (Å²) < 4.78 is 19.2. The Labute approximate surface area is 211 Å². The predicted molar refractivity (Wildman–Crippen MR) is 140 cm³/mol. The number of fused-ring (bicyclic) bond motifs is 1. The summed E-state index contributed by atoms with van der Waals surface area (Å²) >= 11 is 3.86. The van der Waals surface area contributed by atoms with Crippen LogP contribution in [0.25, 0.3) is 5.57 Å². The molecule has 0 atom stereocenters. The van der Waals surface area contributed by atoms with Gasteiger partial charge in [0.05, 0.1) is 12.1 Å². The van der Waals surface area contributed by atoms with Crippen molar-refractivity contribution in [2.24, 2.45) is 11.3 Å². The summed E-state index contributed by atoms with van der Waals surface area (Å²) in [6, 6.07) is 15.0. The van der Waals surface area contributed by atoms with Crippen LogP contribution in [0.15, 0.2) is 46.9 Å². The minimum Gasteiger partial charge on any atom is -0.426 e. The molecule has 0 bridgehead atoms. The van der Waals surface area contributed by atoms with Gasteiger partial charge >= 0.3 is 5.97 Å². The average Bonchev–Trinajstić information content (AvgIpc) is 2.93. The van der Waals surface area contributed by atoms with Crippen molar-refractivity contribution >= 4 is 27.5 Å². The third-order valence-electron chi connectivity index (χ3n) is 6.69. The van der Waals surface area contributed by atoms with Crippen molar-refractivity contribution in [3.63, 3.8) is 0 Å². The van der Waals surface area contributed by atoms with Crippen LogP contribution in [0.2, 0.25) is 0 Å². The number of allylic oxidation sites excluding steroid dienone is 1. The van der Waals surface area contributed by atoms with Crippen LogP contribution in [0.5, 0.6) is 5.75 Å². The van der Waals surface area contributed by atoms with Gasteiger partial charge in [-0.2, -0.15) is 0 Å². The van der Waals surface area contributed by atoms with Crippen LogP contribution in [0.4, 0.5) is 4.39 Å². The molecule has 2 aromatic carbocycles. The Morgan fingerprint density at radius 1 is 1.12 bits per heavy atom. The summed E-state index contributed by atoms with van der Waals surface area (Å²) in [7, 11) is 0. The van der Waals surface area contributed by atoms with E-state index >= 15 is 0 Å². The van der Waals surface area contributed by atoms with Gasteiger partial charge in [-0.15, -0.1) is 0 Å². The van der Waals surface area contributed by atoms with Gasteiger partial charge in [-0.1, -0.05) is 46.3 Å². The standard InChI is InChI=1S/C29H35BrFNO2/c1-29(2,3)28(33)34-24-12-13-25-23(17-24)6-4-7-26(30)27(25)22-10-8-20(9-11-22)16-21-18-32(19-21)15-5-14-31/h8-13,17,21H,4-7,14-16,18-19H2,1-3H3. The highest BCUT2D eigenvalue weighted by Crippen LogP contribution is 2.39. The maximum Gasteiger partial charge on any atom is 0.316 e. The number of esters is 1. The molecule has 1 aliphatic carbocycles. The summed E-state index contributed by atoms with van der Waals surface area (Å²) in [5.41, 5.74) is 5.68. The van der Waals surface area contributed by atoms with E-state index in [0.29, 0.717) is 18.1 Å². The van der Waals surface area contributed by atoms with Crippen molar-refractivity contribution in [2.75, 3.05) is 26.3 Å². The Kier molecular flexibility index (Phi) is 7.94. The highest BCUT2D eigenvalue weighted by molar-refractivity contribution is 9.11. The van der Waals surface area contributed by atoms with Crippen LogP contribution >= 0.6 is 15.9 Å². The minimum atomic E-state index is -0.533. The third-order valence-corrected chi connectivity index (χ3v) is 7.48. The molecule has 0 N–H and O–H groups in total. The van der Waals surface area contributed by atoms with E-state index in [-0.39, 0.29) is 12.6 Å². The number of hydrogen-bond acceptors (Lipinski definition) is 3. The van der Waals surface area contributed by atoms with Crippen molar-refractivity contribution in [1.29, 1.82) is 0 Å². The predicted octanol–water partition coefficient (Wildman–Crippen LogP) is 6.96. The van der Waals surface area contributed by atoms with E-state index in [2.05, 4.69) is 51.2 Å². The zero-order chi connectivity index (χ0) is 24.3. The van der Waals surface area contributed by atoms with Crippen molar-refractivity contribution in [1.82, 2.24) is 4.90 Å². The van der Waals surface area contributed by atoms with Crippen molar-refractivity contribution in [3.8, 4) is 5.75 Å². The van der Waals surface area contributed by atoms with Crippen molar-refractivity contribution in [2.45, 2.75) is 52.9 Å². The van der Waals surface area contributed by atoms with E-state index in [4.69, 9.17) is 4.74 Å². The fraction of sp³-hybridized carbons (Fsp3) is 0.483. The first-order valence-electron chi connectivity index (χ1n) is 12.4. The highest BCUT2D eigenvalue weighted by Gasteiger charge is 2.27. The molecule has 3 nitrogen and oxygen atoms in total. The zero-order valence-electron chi connectivity index (χ0n) is 20.5. The van der Waals surface area contributed by atoms with Gasteiger partial charge in [0.2, 0.25) is 0 Å². The first kappa shape index (κ1) is 25.1. The summed E-state index contributed by atoms with van der Waals surface area (Å²) in [5, 5.41) is 0. The van der Waals surface area contributed by atoms with Crippen LogP contribution in [0.1, 0.15) is 62.3 Å². The molecule has 1 aliphatic heterocycles. The number of alkyl halides is 1. The smallest absolute Gasteiger partial charge is 0.316 e. The van der Waals surface area contributed by atoms with Gasteiger partial charge in [0.1, 0.15) is 5.75 Å². The normalized spacial score (nSPS) is 17.2. The molecule has 0 radical (unpaired) electrons. The van der Waals surface area contributed by atoms with E-state index in [0.717, 1.165) is 45.3 Å². The Balaban J connectivity index is 1.49. The van der Waals surface area contributed by atoms with Gasteiger partial charge in [0, 0.05) is 24.1 Å². The number of nitrogens with zero attached hydrogens (tertiary/aromatic N) is 1. The number of carbonyl (C=O) groups is 1. The van der Waals surface area contributed by atoms with E-state index < -0.39 is 5.41 Å². The molecule has 1 heterocycles. The molecule has 0 amide bonds. The van der Waals surface area contributed by atoms with Crippen LogP contribution in [-0.4, -0.2) is 37.2 Å². The molecule has 0 unspecified atom stereocenters. The lowest BCUT2D eigenvalue weighted by Crippen LogP contribution is -2.47. The van der Waals surface area contributed by atoms with Gasteiger partial charge in [-0.25, -0.2) is 0 Å². The molecule has 0 saturated carbocycles. The van der Waals surface area contributed by atoms with Gasteiger partial charge in [0.25, 0.3) is 0 Å². The van der Waals surface area contributed by atoms with Crippen LogP contribution in [0.3, 0.4) is 0 Å². The number of aryl methyl sites for hydroxylation is 1. The highest BCUT2D eigenvalue weighted by atomic mass is 79.9. The van der Waals surface area contributed by atoms with Crippen molar-refractivity contribution in [3.05, 3.63) is 69.2 Å². The Hall–Kier alpha value is -1.98. The lowest BCUT2D eigenvalue weighted by Gasteiger charge is -2.39. The van der Waals surface area contributed by atoms with Crippen LogP contribution in [0, 0.1) is 11.3 Å². The number of hydrogen-bond donors (Lipinski definition) is 0. The molecule has 0 aromatic heterocycles. The quantitative estimate of drug-likeness (QED) is 0.287. The Morgan fingerprint density at radius 2 is 1.85 bits per heavy atom. The van der Waals surface area contributed by atoms with Gasteiger partial charge < -0.3 is 9.64 Å². The second kappa shape index (κ2) is 10.7. The number of carbonyl (C=O) groups excluding carboxylic acids is 1. The molecule has 34 heavy (non-hydrogen) atoms. The molecule has 0 spiro atoms. The summed E-state index contributed by atoms with van der Waals surface area (Å²) in [5.74, 6) is 1.07. The first-order valence-corrected chi connectivity index (χ1v) is 13.2. The number of rotatable bonds is 7. The lowest BCUT2D eigenvalue weighted by molar-refractivity contribution is -0.143. The zero-order valence-corrected chi connectivity index (χ0v) is 22.1. The third kappa shape index (κ3) is 5.98. The van der Waals surface area contributed by atoms with E-state index in [9.17, 15) is 9.18 Å². The van der Waals surface area contributed by atoms with Gasteiger partial charge in [0.15, 0.2) is 0 Å². The maximum absolute atomic E-state index is 12.4. The topological polar surface area (TPSA) is 29.5 Å². The fourth-order valence-electron chi connectivity index (χ4n) is 4.77. The monoisotopic (exact) mass is 527 g/mol. The lowest BCUT2D eigenvalue weighted by atomic mass is 9.89. The Morgan fingerprint density at radius 3 is 2.53 bits per heavy atom. The van der Waals surface area contributed by atoms with Gasteiger partial charge in [-0.3, -0.25) is 9.18 Å². The summed E-state index contributed by atoms with van der Waals surface area (Å²) in [6.45, 7) is 8.42. The summed E-state index contributed by atoms with van der Waals surface area (Å²) in [6.07, 6.45) is 4.71. The van der Waals surface area contributed by atoms with E-state index in [1.807, 2.05) is 32.9 Å². The molecule has 2 aromatic rings. The van der Waals surface area contributed by atoms with Gasteiger partial charge in [-0.05, 0) is 98.8 Å². The first-order chi connectivity index (χ1) is 16.2. The summed E-state index contributed by atoms with van der Waals surface area (Å²) in [4.78, 5) is 14.7. The molecule has 5 heteroatoms. The number of halogens is 2. The number of ether oxygens (including phenoxy) is 1. The maximum atomic E-state index is 12.4. The largest absolute Gasteiger partial charge is 0.426 e. The van der Waals surface area contributed by atoms with Crippen LogP contribution in [-0.2, 0) is 17.6 Å². The molecule has 1 fully saturated rings. The molecular weight excluding hydrogens is 493 g/mol. The average molecular weight is 529 g/mol. The van der Waals surface area contributed by atoms with Crippen molar-refractivity contribution < 1.29 is 13.9 Å². The molecular formula is C29H35BrFNO2. The van der Waals surface area contributed by atoms with E-state index in [1.165, 1.54) is 32.3 Å². The Bertz CT molecular complexity index is 1050. The second-order valence-corrected chi connectivity index (χ2v) is 11.6.